The van der Waals surface area contributed by atoms with Crippen LogP contribution in [-0.4, -0.2) is 29.6 Å². The quantitative estimate of drug-likeness (QED) is 0.755. The molecule has 0 saturated heterocycles. The summed E-state index contributed by atoms with van der Waals surface area (Å²) in [6, 6.07) is 6.50. The van der Waals surface area contributed by atoms with Crippen molar-refractivity contribution in [3.05, 3.63) is 52.3 Å². The van der Waals surface area contributed by atoms with Crippen molar-refractivity contribution in [3.8, 4) is 11.1 Å². The van der Waals surface area contributed by atoms with Gasteiger partial charge in [0.25, 0.3) is 0 Å². The van der Waals surface area contributed by atoms with Gasteiger partial charge in [-0.1, -0.05) is 11.6 Å². The number of carbonyl (C=O) groups is 2. The third kappa shape index (κ3) is 4.57. The zero-order valence-electron chi connectivity index (χ0n) is 14.8. The summed E-state index contributed by atoms with van der Waals surface area (Å²) in [6.45, 7) is 7.15. The lowest BCUT2D eigenvalue weighted by Gasteiger charge is -2.21. The van der Waals surface area contributed by atoms with Crippen molar-refractivity contribution in [2.75, 3.05) is 7.11 Å². The van der Waals surface area contributed by atoms with Crippen molar-refractivity contribution >= 4 is 23.5 Å². The van der Waals surface area contributed by atoms with E-state index in [-0.39, 0.29) is 5.56 Å². The first-order valence-electron chi connectivity index (χ1n) is 7.70. The Morgan fingerprint density at radius 2 is 1.68 bits per heavy atom. The van der Waals surface area contributed by atoms with Crippen LogP contribution in [0.2, 0.25) is 5.02 Å². The summed E-state index contributed by atoms with van der Waals surface area (Å²) < 4.78 is 10.3. The van der Waals surface area contributed by atoms with Gasteiger partial charge in [-0.3, -0.25) is 4.98 Å². The van der Waals surface area contributed by atoms with E-state index >= 15 is 0 Å². The highest BCUT2D eigenvalue weighted by atomic mass is 35.5. The Hall–Kier alpha value is -2.40. The second kappa shape index (κ2) is 7.23. The Morgan fingerprint density at radius 3 is 2.28 bits per heavy atom. The molecule has 0 aliphatic rings. The lowest BCUT2D eigenvalue weighted by atomic mass is 9.96. The number of ether oxygens (including phenoxy) is 2. The van der Waals surface area contributed by atoms with E-state index in [4.69, 9.17) is 21.1 Å². The summed E-state index contributed by atoms with van der Waals surface area (Å²) in [5.41, 5.74) is 1.61. The molecule has 1 aromatic carbocycles. The summed E-state index contributed by atoms with van der Waals surface area (Å²) in [7, 11) is 1.30. The highest BCUT2D eigenvalue weighted by Crippen LogP contribution is 2.31. The first-order valence-corrected chi connectivity index (χ1v) is 8.08. The molecule has 0 aliphatic heterocycles. The van der Waals surface area contributed by atoms with Gasteiger partial charge >= 0.3 is 11.9 Å². The molecule has 0 atom stereocenters. The fourth-order valence-corrected chi connectivity index (χ4v) is 2.48. The molecule has 2 rings (SSSR count). The van der Waals surface area contributed by atoms with Crippen LogP contribution in [0.3, 0.4) is 0 Å². The molecule has 132 valence electrons. The molecule has 25 heavy (non-hydrogen) atoms. The van der Waals surface area contributed by atoms with Crippen molar-refractivity contribution in [1.82, 2.24) is 4.98 Å². The van der Waals surface area contributed by atoms with Crippen LogP contribution in [-0.2, 0) is 9.47 Å². The third-order valence-corrected chi connectivity index (χ3v) is 3.57. The Balaban J connectivity index is 2.67. The van der Waals surface area contributed by atoms with E-state index in [9.17, 15) is 9.59 Å². The number of benzene rings is 1. The minimum absolute atomic E-state index is 0.257. The predicted molar refractivity (Wildman–Crippen MR) is 95.9 cm³/mol. The average molecular weight is 362 g/mol. The molecule has 0 unspecified atom stereocenters. The van der Waals surface area contributed by atoms with Crippen LogP contribution in [0.4, 0.5) is 0 Å². The number of methoxy groups -OCH3 is 1. The number of hydrogen-bond donors (Lipinski definition) is 0. The van der Waals surface area contributed by atoms with Gasteiger partial charge in [-0.05, 0) is 57.5 Å². The van der Waals surface area contributed by atoms with Crippen molar-refractivity contribution in [3.63, 3.8) is 0 Å². The van der Waals surface area contributed by atoms with Crippen molar-refractivity contribution in [1.29, 1.82) is 0 Å². The van der Waals surface area contributed by atoms with Crippen LogP contribution in [0.1, 0.15) is 47.2 Å². The summed E-state index contributed by atoms with van der Waals surface area (Å²) in [5, 5.41) is 0.437. The SMILES string of the molecule is COC(=O)c1ccc(Cl)cc1-c1cc(C)ncc1C(=O)OC(C)(C)C. The molecule has 0 radical (unpaired) electrons. The van der Waals surface area contributed by atoms with Crippen molar-refractivity contribution in [2.45, 2.75) is 33.3 Å². The number of carbonyl (C=O) groups excluding carboxylic acids is 2. The number of pyridine rings is 1. The number of aryl methyl sites for hydroxylation is 1. The molecule has 0 aliphatic carbocycles. The standard InChI is InChI=1S/C19H20ClNO4/c1-11-8-14(16(10-21-11)18(23)25-19(2,3)4)15-9-12(20)6-7-13(15)17(22)24-5/h6-10H,1-5H3. The van der Waals surface area contributed by atoms with Crippen molar-refractivity contribution < 1.29 is 19.1 Å². The van der Waals surface area contributed by atoms with E-state index in [0.717, 1.165) is 0 Å². The van der Waals surface area contributed by atoms with Crippen molar-refractivity contribution in [2.24, 2.45) is 0 Å². The molecule has 5 nitrogen and oxygen atoms in total. The fourth-order valence-electron chi connectivity index (χ4n) is 2.31. The van der Waals surface area contributed by atoms with Crippen LogP contribution < -0.4 is 0 Å². The summed E-state index contributed by atoms with van der Waals surface area (Å²) in [5.74, 6) is -1.04. The van der Waals surface area contributed by atoms with Gasteiger partial charge in [-0.25, -0.2) is 9.59 Å². The van der Waals surface area contributed by atoms with Gasteiger partial charge < -0.3 is 9.47 Å². The van der Waals surface area contributed by atoms with E-state index in [1.165, 1.54) is 13.3 Å². The summed E-state index contributed by atoms with van der Waals surface area (Å²) >= 11 is 6.11. The molecule has 6 heteroatoms. The van der Waals surface area contributed by atoms with Gasteiger partial charge in [0.05, 0.1) is 18.2 Å². The second-order valence-electron chi connectivity index (χ2n) is 6.55. The lowest BCUT2D eigenvalue weighted by Crippen LogP contribution is -2.24. The Kier molecular flexibility index (Phi) is 5.48. The highest BCUT2D eigenvalue weighted by molar-refractivity contribution is 6.31. The molecular formula is C19H20ClNO4. The number of aromatic nitrogens is 1. The first-order chi connectivity index (χ1) is 11.6. The smallest absolute Gasteiger partial charge is 0.340 e. The lowest BCUT2D eigenvalue weighted by molar-refractivity contribution is 0.00697. The monoisotopic (exact) mass is 361 g/mol. The Morgan fingerprint density at radius 1 is 1.04 bits per heavy atom. The Labute approximate surface area is 151 Å². The average Bonchev–Trinajstić information content (AvgIpc) is 2.52. The molecule has 0 saturated carbocycles. The minimum atomic E-state index is -0.654. The van der Waals surface area contributed by atoms with Gasteiger partial charge in [0.15, 0.2) is 0 Å². The second-order valence-corrected chi connectivity index (χ2v) is 6.99. The van der Waals surface area contributed by atoms with Crippen LogP contribution in [0.15, 0.2) is 30.5 Å². The predicted octanol–water partition coefficient (Wildman–Crippen LogP) is 4.45. The maximum Gasteiger partial charge on any atom is 0.340 e. The largest absolute Gasteiger partial charge is 0.465 e. The first kappa shape index (κ1) is 18.9. The highest BCUT2D eigenvalue weighted by Gasteiger charge is 2.24. The Bertz CT molecular complexity index is 825. The molecule has 1 aromatic heterocycles. The summed E-state index contributed by atoms with van der Waals surface area (Å²) in [4.78, 5) is 28.9. The third-order valence-electron chi connectivity index (χ3n) is 3.34. The normalized spacial score (nSPS) is 11.1. The van der Waals surface area contributed by atoms with E-state index in [1.807, 2.05) is 0 Å². The number of esters is 2. The van der Waals surface area contributed by atoms with E-state index < -0.39 is 17.5 Å². The fraction of sp³-hybridized carbons (Fsp3) is 0.316. The summed E-state index contributed by atoms with van der Waals surface area (Å²) in [6.07, 6.45) is 1.45. The van der Waals surface area contributed by atoms with E-state index in [2.05, 4.69) is 4.98 Å². The van der Waals surface area contributed by atoms with Gasteiger partial charge in [-0.2, -0.15) is 0 Å². The number of hydrogen-bond acceptors (Lipinski definition) is 5. The molecule has 0 amide bonds. The van der Waals surface area contributed by atoms with E-state index in [0.29, 0.717) is 27.4 Å². The van der Waals surface area contributed by atoms with Crippen LogP contribution in [0.5, 0.6) is 0 Å². The molecule has 1 heterocycles. The van der Waals surface area contributed by atoms with Gasteiger partial charge in [-0.15, -0.1) is 0 Å². The molecule has 0 fully saturated rings. The minimum Gasteiger partial charge on any atom is -0.465 e. The number of nitrogens with zero attached hydrogens (tertiary/aromatic N) is 1. The number of halogens is 1. The molecule has 0 bridgehead atoms. The molecule has 0 N–H and O–H groups in total. The maximum absolute atomic E-state index is 12.6. The topological polar surface area (TPSA) is 65.5 Å². The van der Waals surface area contributed by atoms with Gasteiger partial charge in [0.1, 0.15) is 5.60 Å². The maximum atomic E-state index is 12.6. The van der Waals surface area contributed by atoms with Crippen LogP contribution >= 0.6 is 11.6 Å². The van der Waals surface area contributed by atoms with Crippen LogP contribution in [0.25, 0.3) is 11.1 Å². The van der Waals surface area contributed by atoms with Crippen LogP contribution in [0, 0.1) is 6.92 Å². The van der Waals surface area contributed by atoms with E-state index in [1.54, 1.807) is 52.0 Å². The molecule has 0 spiro atoms. The zero-order valence-corrected chi connectivity index (χ0v) is 15.6. The number of rotatable bonds is 3. The molecular weight excluding hydrogens is 342 g/mol. The van der Waals surface area contributed by atoms with Gasteiger partial charge in [0.2, 0.25) is 0 Å². The molecule has 2 aromatic rings. The van der Waals surface area contributed by atoms with Gasteiger partial charge in [0, 0.05) is 22.5 Å². The zero-order chi connectivity index (χ0) is 18.8.